The maximum absolute atomic E-state index is 12.8. The number of nitrogens with zero attached hydrogens (tertiary/aromatic N) is 2. The lowest BCUT2D eigenvalue weighted by atomic mass is 9.80. The fourth-order valence-corrected chi connectivity index (χ4v) is 6.02. The minimum absolute atomic E-state index is 0.117. The third-order valence-corrected chi connectivity index (χ3v) is 8.38. The average molecular weight is 632 g/mol. The number of aliphatic hydroxyl groups excluding tert-OH is 1. The first-order valence-corrected chi connectivity index (χ1v) is 15.2. The van der Waals surface area contributed by atoms with E-state index in [2.05, 4.69) is 10.1 Å². The number of aromatic amines is 1. The lowest BCUT2D eigenvalue weighted by Gasteiger charge is -2.37. The Bertz CT molecular complexity index is 1640. The molecule has 6 rings (SSSR count). The summed E-state index contributed by atoms with van der Waals surface area (Å²) in [5.41, 5.74) is -0.182. The molecular weight excluding hydrogens is 594 g/mol. The van der Waals surface area contributed by atoms with Gasteiger partial charge in [0.05, 0.1) is 20.8 Å². The molecule has 2 N–H and O–H groups in total. The fraction of sp³-hybridized carbons (Fsp3) is 0.382. The zero-order valence-electron chi connectivity index (χ0n) is 25.6. The number of ether oxygens (including phenoxy) is 6. The number of hydrogen-bond acceptors (Lipinski definition) is 10. The number of aliphatic hydroxyl groups is 1. The Morgan fingerprint density at radius 2 is 1.54 bits per heavy atom. The molecule has 0 unspecified atom stereocenters. The van der Waals surface area contributed by atoms with E-state index in [0.717, 1.165) is 40.4 Å². The number of rotatable bonds is 11. The molecule has 5 atom stereocenters. The molecule has 0 aliphatic carbocycles. The Morgan fingerprint density at radius 3 is 2.11 bits per heavy atom. The molecular formula is C34H37N3O9. The van der Waals surface area contributed by atoms with Gasteiger partial charge in [-0.2, -0.15) is 9.78 Å². The molecule has 0 amide bonds. The van der Waals surface area contributed by atoms with Crippen LogP contribution in [0.3, 0.4) is 0 Å². The molecule has 3 aromatic carbocycles. The van der Waals surface area contributed by atoms with E-state index in [0.29, 0.717) is 24.5 Å². The van der Waals surface area contributed by atoms with E-state index < -0.39 is 47.7 Å². The minimum atomic E-state index is -1.24. The van der Waals surface area contributed by atoms with Gasteiger partial charge in [-0.15, -0.1) is 0 Å². The summed E-state index contributed by atoms with van der Waals surface area (Å²) in [7, 11) is 3.21. The fourth-order valence-electron chi connectivity index (χ4n) is 6.02. The standard InChI is InChI=1S/C34H37N3O9/c1-41-25-15-11-23(12-16-25)34(22-8-4-3-5-9-22,24-13-17-26(42-2)18-14-24)44-21-27-30(39)31(46-29-10-6-7-19-43-29)32(45-27)37-33(40)36-28(38)20-35-37/h3-5,8-9,11-18,20,27,29-32,39H,6-7,10,19,21H2,1-2H3,(H,36,38,40)/t27-,29+,30-,31-,32-/m1/s1. The highest BCUT2D eigenvalue weighted by atomic mass is 16.7. The van der Waals surface area contributed by atoms with E-state index in [1.807, 2.05) is 78.9 Å². The van der Waals surface area contributed by atoms with Crippen LogP contribution < -0.4 is 20.7 Å². The van der Waals surface area contributed by atoms with Gasteiger partial charge >= 0.3 is 5.69 Å². The molecule has 0 radical (unpaired) electrons. The number of aromatic nitrogens is 3. The first-order chi connectivity index (χ1) is 22.4. The number of methoxy groups -OCH3 is 2. The predicted octanol–water partition coefficient (Wildman–Crippen LogP) is 3.13. The molecule has 242 valence electrons. The summed E-state index contributed by atoms with van der Waals surface area (Å²) in [5.74, 6) is 1.36. The van der Waals surface area contributed by atoms with Gasteiger partial charge in [-0.3, -0.25) is 9.78 Å². The maximum Gasteiger partial charge on any atom is 0.347 e. The van der Waals surface area contributed by atoms with E-state index >= 15 is 0 Å². The van der Waals surface area contributed by atoms with Crippen LogP contribution in [0.15, 0.2) is 94.6 Å². The molecule has 1 aromatic heterocycles. The van der Waals surface area contributed by atoms with Crippen LogP contribution in [0.25, 0.3) is 0 Å². The highest BCUT2D eigenvalue weighted by Crippen LogP contribution is 2.43. The maximum atomic E-state index is 12.8. The smallest absolute Gasteiger partial charge is 0.347 e. The monoisotopic (exact) mass is 631 g/mol. The van der Waals surface area contributed by atoms with Crippen molar-refractivity contribution in [3.05, 3.63) is 123 Å². The molecule has 12 heteroatoms. The second kappa shape index (κ2) is 14.0. The van der Waals surface area contributed by atoms with Crippen LogP contribution in [0.2, 0.25) is 0 Å². The lowest BCUT2D eigenvalue weighted by molar-refractivity contribution is -0.217. The van der Waals surface area contributed by atoms with Gasteiger partial charge in [0.15, 0.2) is 12.5 Å². The molecule has 2 aliphatic heterocycles. The molecule has 3 heterocycles. The third-order valence-electron chi connectivity index (χ3n) is 8.38. The SMILES string of the molecule is COc1ccc(C(OC[C@H]2O[C@@H](n3ncc(=O)[nH]c3=O)[C@H](O[C@H]3CCCCO3)[C@@H]2O)(c2ccccc2)c2ccc(OC)cc2)cc1. The Morgan fingerprint density at radius 1 is 0.913 bits per heavy atom. The first kappa shape index (κ1) is 31.6. The third kappa shape index (κ3) is 6.35. The number of benzene rings is 3. The summed E-state index contributed by atoms with van der Waals surface area (Å²) in [6.45, 7) is 0.403. The van der Waals surface area contributed by atoms with Crippen LogP contribution in [0, 0.1) is 0 Å². The van der Waals surface area contributed by atoms with E-state index in [1.54, 1.807) is 14.2 Å². The van der Waals surface area contributed by atoms with Gasteiger partial charge in [0.1, 0.15) is 41.6 Å². The van der Waals surface area contributed by atoms with Crippen LogP contribution in [0.5, 0.6) is 11.5 Å². The van der Waals surface area contributed by atoms with Crippen molar-refractivity contribution in [2.45, 2.75) is 55.7 Å². The summed E-state index contributed by atoms with van der Waals surface area (Å²) < 4.78 is 37.1. The quantitative estimate of drug-likeness (QED) is 0.237. The van der Waals surface area contributed by atoms with Gasteiger partial charge < -0.3 is 33.5 Å². The van der Waals surface area contributed by atoms with Crippen molar-refractivity contribution in [1.82, 2.24) is 14.8 Å². The zero-order valence-corrected chi connectivity index (χ0v) is 25.6. The van der Waals surface area contributed by atoms with Crippen molar-refractivity contribution in [3.63, 3.8) is 0 Å². The molecule has 0 spiro atoms. The molecule has 2 fully saturated rings. The average Bonchev–Trinajstić information content (AvgIpc) is 3.40. The van der Waals surface area contributed by atoms with E-state index in [4.69, 9.17) is 28.4 Å². The number of hydrogen-bond donors (Lipinski definition) is 2. The van der Waals surface area contributed by atoms with Gasteiger partial charge in [-0.05, 0) is 60.2 Å². The van der Waals surface area contributed by atoms with Crippen molar-refractivity contribution in [3.8, 4) is 11.5 Å². The lowest BCUT2D eigenvalue weighted by Crippen LogP contribution is -2.43. The number of H-pyrrole nitrogens is 1. The van der Waals surface area contributed by atoms with Gasteiger partial charge in [-0.1, -0.05) is 54.6 Å². The first-order valence-electron chi connectivity index (χ1n) is 15.2. The van der Waals surface area contributed by atoms with Crippen LogP contribution in [0.1, 0.15) is 42.2 Å². The summed E-state index contributed by atoms with van der Waals surface area (Å²) in [4.78, 5) is 26.8. The summed E-state index contributed by atoms with van der Waals surface area (Å²) in [6.07, 6.45) is -1.60. The Balaban J connectivity index is 1.39. The topological polar surface area (TPSA) is 143 Å². The van der Waals surface area contributed by atoms with Gasteiger partial charge in [-0.25, -0.2) is 4.79 Å². The molecule has 0 bridgehead atoms. The van der Waals surface area contributed by atoms with Crippen LogP contribution in [-0.4, -0.2) is 71.9 Å². The Hall–Kier alpha value is -4.33. The van der Waals surface area contributed by atoms with Crippen molar-refractivity contribution in [2.75, 3.05) is 27.4 Å². The Labute approximate surface area is 265 Å². The van der Waals surface area contributed by atoms with Crippen LogP contribution in [0.4, 0.5) is 0 Å². The molecule has 46 heavy (non-hydrogen) atoms. The van der Waals surface area contributed by atoms with Crippen molar-refractivity contribution >= 4 is 0 Å². The highest BCUT2D eigenvalue weighted by Gasteiger charge is 2.49. The van der Waals surface area contributed by atoms with Crippen molar-refractivity contribution in [1.29, 1.82) is 0 Å². The molecule has 12 nitrogen and oxygen atoms in total. The van der Waals surface area contributed by atoms with E-state index in [-0.39, 0.29) is 6.61 Å². The summed E-state index contributed by atoms with van der Waals surface area (Å²) in [6, 6.07) is 24.9. The second-order valence-electron chi connectivity index (χ2n) is 11.2. The molecule has 4 aromatic rings. The summed E-state index contributed by atoms with van der Waals surface area (Å²) >= 11 is 0. The molecule has 0 saturated carbocycles. The largest absolute Gasteiger partial charge is 0.497 e. The van der Waals surface area contributed by atoms with Crippen molar-refractivity contribution < 1.29 is 33.5 Å². The molecule has 2 aliphatic rings. The van der Waals surface area contributed by atoms with E-state index in [9.17, 15) is 14.7 Å². The highest BCUT2D eigenvalue weighted by molar-refractivity contribution is 5.49. The van der Waals surface area contributed by atoms with Crippen molar-refractivity contribution in [2.24, 2.45) is 0 Å². The van der Waals surface area contributed by atoms with E-state index in [1.165, 1.54) is 0 Å². The van der Waals surface area contributed by atoms with Gasteiger partial charge in [0.25, 0.3) is 5.56 Å². The molecule has 2 saturated heterocycles. The normalized spacial score (nSPS) is 23.2. The second-order valence-corrected chi connectivity index (χ2v) is 11.2. The number of nitrogens with one attached hydrogen (secondary N) is 1. The van der Waals surface area contributed by atoms with Crippen LogP contribution >= 0.6 is 0 Å². The van der Waals surface area contributed by atoms with Crippen LogP contribution in [-0.2, 0) is 24.5 Å². The van der Waals surface area contributed by atoms with Gasteiger partial charge in [0, 0.05) is 6.61 Å². The Kier molecular flexibility index (Phi) is 9.61. The van der Waals surface area contributed by atoms with Gasteiger partial charge in [0.2, 0.25) is 0 Å². The zero-order chi connectivity index (χ0) is 32.1. The minimum Gasteiger partial charge on any atom is -0.497 e. The summed E-state index contributed by atoms with van der Waals surface area (Å²) in [5, 5.41) is 15.7. The predicted molar refractivity (Wildman–Crippen MR) is 166 cm³/mol.